The van der Waals surface area contributed by atoms with E-state index in [9.17, 15) is 14.3 Å². The van der Waals surface area contributed by atoms with Gasteiger partial charge in [-0.25, -0.2) is 4.57 Å². The third-order valence-corrected chi connectivity index (χ3v) is 19.6. The van der Waals surface area contributed by atoms with E-state index in [1.807, 2.05) is 31.9 Å². The van der Waals surface area contributed by atoms with E-state index in [1.165, 1.54) is 128 Å². The second-order valence-electron chi connectivity index (χ2n) is 22.2. The Bertz CT molecular complexity index is 1380. The first-order chi connectivity index (χ1) is 29.5. The molecule has 0 aromatic rings. The lowest BCUT2D eigenvalue weighted by atomic mass is 9.47. The zero-order chi connectivity index (χ0) is 45.2. The minimum Gasteiger partial charge on any atom is -0.457 e. The quantitative estimate of drug-likeness (QED) is 0.0177. The molecule has 3 saturated carbocycles. The molecule has 0 heterocycles. The van der Waals surface area contributed by atoms with Gasteiger partial charge in [0.2, 0.25) is 0 Å². The molecule has 0 aromatic heterocycles. The summed E-state index contributed by atoms with van der Waals surface area (Å²) < 4.78 is 35.7. The van der Waals surface area contributed by atoms with Gasteiger partial charge in [-0.15, -0.1) is 0 Å². The predicted octanol–water partition coefficient (Wildman–Crippen LogP) is 14.2. The Labute approximate surface area is 389 Å². The van der Waals surface area contributed by atoms with Crippen molar-refractivity contribution in [1.29, 1.82) is 0 Å². The van der Waals surface area contributed by atoms with Crippen molar-refractivity contribution in [2.24, 2.45) is 46.3 Å². The van der Waals surface area contributed by atoms with Gasteiger partial charge in [0.25, 0.3) is 0 Å². The third kappa shape index (κ3) is 17.9. The van der Waals surface area contributed by atoms with Gasteiger partial charge in [-0.1, -0.05) is 165 Å². The summed E-state index contributed by atoms with van der Waals surface area (Å²) >= 11 is 0. The minimum absolute atomic E-state index is 0.0853. The van der Waals surface area contributed by atoms with Gasteiger partial charge in [0.05, 0.1) is 34.4 Å². The van der Waals surface area contributed by atoms with Crippen LogP contribution in [-0.2, 0) is 27.9 Å². The van der Waals surface area contributed by atoms with E-state index in [4.69, 9.17) is 18.5 Å². The van der Waals surface area contributed by atoms with Crippen molar-refractivity contribution < 1.29 is 37.3 Å². The minimum atomic E-state index is -4.31. The van der Waals surface area contributed by atoms with Gasteiger partial charge in [0.1, 0.15) is 25.0 Å². The first-order valence-electron chi connectivity index (χ1n) is 25.6. The number of ether oxygens (including phenoxy) is 2. The molecular weight excluding hydrogens is 834 g/mol. The van der Waals surface area contributed by atoms with Crippen LogP contribution in [-0.4, -0.2) is 86.6 Å². The van der Waals surface area contributed by atoms with Crippen LogP contribution in [0.2, 0.25) is 0 Å². The number of nitrogens with zero attached hydrogens (tertiary/aromatic N) is 1. The second-order valence-corrected chi connectivity index (χ2v) is 26.3. The summed E-state index contributed by atoms with van der Waals surface area (Å²) in [5, 5.41) is 0.488. The fourth-order valence-electron chi connectivity index (χ4n) is 12.2. The zero-order valence-electron chi connectivity index (χ0n) is 41.3. The van der Waals surface area contributed by atoms with Crippen LogP contribution >= 0.6 is 29.4 Å². The Morgan fingerprint density at radius 1 is 0.839 bits per heavy atom. The van der Waals surface area contributed by atoms with Crippen LogP contribution in [0, 0.1) is 46.3 Å². The highest BCUT2D eigenvalue weighted by atomic mass is 33.1. The van der Waals surface area contributed by atoms with Crippen LogP contribution in [0.25, 0.3) is 0 Å². The highest BCUT2D eigenvalue weighted by molar-refractivity contribution is 8.77. The van der Waals surface area contributed by atoms with E-state index in [-0.39, 0.29) is 31.5 Å². The SMILES string of the molecule is CCCCCCCCCCCCCCOCC(COP(=O)(O)OCC[N+](C)(C)C)OC(=O)CSSC1CC[C@@]2(C)C(=CC[C@H]3[C@@H]4CC[C@H]([C@H](C)CCCC(C)C)[C@@]4(C)CC[C@@H]32)C1. The molecule has 8 nitrogen and oxygen atoms in total. The van der Waals surface area contributed by atoms with Crippen molar-refractivity contribution in [1.82, 2.24) is 0 Å². The number of phosphoric ester groups is 1. The summed E-state index contributed by atoms with van der Waals surface area (Å²) in [6.45, 7) is 15.9. The Hall–Kier alpha value is -0.0600. The van der Waals surface area contributed by atoms with E-state index in [1.54, 1.807) is 16.4 Å². The van der Waals surface area contributed by atoms with E-state index < -0.39 is 13.9 Å². The van der Waals surface area contributed by atoms with Crippen LogP contribution in [0.3, 0.4) is 0 Å². The van der Waals surface area contributed by atoms with Gasteiger partial charge >= 0.3 is 13.8 Å². The molecule has 0 spiro atoms. The molecule has 0 bridgehead atoms. The molecule has 3 unspecified atom stereocenters. The topological polar surface area (TPSA) is 91.3 Å². The summed E-state index contributed by atoms with van der Waals surface area (Å²) in [6, 6.07) is 0. The molecule has 0 radical (unpaired) electrons. The molecule has 362 valence electrons. The van der Waals surface area contributed by atoms with Crippen molar-refractivity contribution in [2.45, 2.75) is 201 Å². The Morgan fingerprint density at radius 2 is 1.52 bits per heavy atom. The smallest absolute Gasteiger partial charge is 0.457 e. The van der Waals surface area contributed by atoms with Gasteiger partial charge in [-0.3, -0.25) is 13.8 Å². The number of carbonyl (C=O) groups is 1. The first-order valence-corrected chi connectivity index (χ1v) is 29.5. The average molecular weight is 929 g/mol. The highest BCUT2D eigenvalue weighted by Gasteiger charge is 2.59. The van der Waals surface area contributed by atoms with Gasteiger partial charge in [-0.2, -0.15) is 0 Å². The molecular formula is C51H95NO7PS2+. The number of hydrogen-bond acceptors (Lipinski definition) is 8. The maximum Gasteiger partial charge on any atom is 0.472 e. The fourth-order valence-corrected chi connectivity index (χ4v) is 15.3. The monoisotopic (exact) mass is 929 g/mol. The van der Waals surface area contributed by atoms with Gasteiger partial charge < -0.3 is 18.9 Å². The summed E-state index contributed by atoms with van der Waals surface area (Å²) in [5.41, 5.74) is 2.51. The van der Waals surface area contributed by atoms with Gasteiger partial charge in [0, 0.05) is 11.9 Å². The molecule has 0 aliphatic heterocycles. The number of carbonyl (C=O) groups excluding carboxylic acids is 1. The van der Waals surface area contributed by atoms with Gasteiger partial charge in [-0.05, 0) is 104 Å². The van der Waals surface area contributed by atoms with Crippen LogP contribution in [0.15, 0.2) is 11.6 Å². The standard InChI is InChI=1S/C51H94NO7PS2/c1-10-11-12-13-14-15-16-17-18-19-20-21-34-56-37-43(38-58-60(54,55)57-35-33-52(7,8)9)59-49(53)39-61-62-44-29-31-50(5)42(36-44)25-26-45-47-28-27-46(41(4)24-22-23-40(2)3)51(47,6)32-30-48(45)50/h25,40-41,43-48H,10-24,26-39H2,1-9H3/p+1/t41-,43?,44?,45+,46-,47+,48+,50+,51-/m1/s1. The van der Waals surface area contributed by atoms with Crippen molar-refractivity contribution in [2.75, 3.05) is 59.9 Å². The number of hydrogen-bond donors (Lipinski definition) is 1. The molecule has 4 rings (SSSR count). The van der Waals surface area contributed by atoms with Crippen LogP contribution in [0.1, 0.15) is 189 Å². The molecule has 10 atom stereocenters. The highest BCUT2D eigenvalue weighted by Crippen LogP contribution is 2.68. The summed E-state index contributed by atoms with van der Waals surface area (Å²) in [7, 11) is 5.08. The predicted molar refractivity (Wildman–Crippen MR) is 263 cm³/mol. The molecule has 0 aromatic carbocycles. The Morgan fingerprint density at radius 3 is 2.18 bits per heavy atom. The normalized spacial score (nSPS) is 29.3. The fraction of sp³-hybridized carbons (Fsp3) is 0.941. The number of allylic oxidation sites excluding steroid dienone is 2. The molecule has 0 saturated heterocycles. The lowest BCUT2D eigenvalue weighted by Gasteiger charge is -2.58. The Kier molecular flexibility index (Phi) is 23.8. The van der Waals surface area contributed by atoms with Crippen LogP contribution in [0.5, 0.6) is 0 Å². The largest absolute Gasteiger partial charge is 0.472 e. The van der Waals surface area contributed by atoms with Crippen molar-refractivity contribution in [3.63, 3.8) is 0 Å². The molecule has 62 heavy (non-hydrogen) atoms. The number of rotatable bonds is 32. The maximum atomic E-state index is 13.2. The summed E-state index contributed by atoms with van der Waals surface area (Å²) in [5.74, 6) is 4.93. The van der Waals surface area contributed by atoms with Crippen molar-refractivity contribution in [3.05, 3.63) is 11.6 Å². The van der Waals surface area contributed by atoms with E-state index in [2.05, 4.69) is 47.6 Å². The molecule has 3 fully saturated rings. The first kappa shape index (κ1) is 54.5. The van der Waals surface area contributed by atoms with Crippen molar-refractivity contribution >= 4 is 35.4 Å². The van der Waals surface area contributed by atoms with Crippen LogP contribution in [0.4, 0.5) is 0 Å². The lowest BCUT2D eigenvalue weighted by molar-refractivity contribution is -0.870. The number of unbranched alkanes of at least 4 members (excludes halogenated alkanes) is 11. The molecule has 0 amide bonds. The second kappa shape index (κ2) is 27.1. The summed E-state index contributed by atoms with van der Waals surface area (Å²) in [6.07, 6.45) is 31.8. The molecule has 11 heteroatoms. The number of quaternary nitrogens is 1. The van der Waals surface area contributed by atoms with E-state index in [0.29, 0.717) is 33.7 Å². The van der Waals surface area contributed by atoms with Gasteiger partial charge in [0.15, 0.2) is 0 Å². The molecule has 4 aliphatic rings. The van der Waals surface area contributed by atoms with Crippen LogP contribution < -0.4 is 0 Å². The number of esters is 1. The van der Waals surface area contributed by atoms with E-state index in [0.717, 1.165) is 54.8 Å². The summed E-state index contributed by atoms with van der Waals surface area (Å²) in [4.78, 5) is 23.6. The average Bonchev–Trinajstić information content (AvgIpc) is 3.56. The number of fused-ring (bicyclic) bond motifs is 5. The molecule has 1 N–H and O–H groups in total. The number of phosphoric acid groups is 1. The Balaban J connectivity index is 1.20. The van der Waals surface area contributed by atoms with Crippen molar-refractivity contribution in [3.8, 4) is 0 Å². The van der Waals surface area contributed by atoms with E-state index >= 15 is 0 Å². The lowest BCUT2D eigenvalue weighted by Crippen LogP contribution is -2.50. The zero-order valence-corrected chi connectivity index (χ0v) is 43.8. The molecule has 4 aliphatic carbocycles. The maximum absolute atomic E-state index is 13.2. The third-order valence-electron chi connectivity index (χ3n) is 15.8. The number of likely N-dealkylation sites (N-methyl/N-ethyl adjacent to an activating group) is 1.